The largest absolute Gasteiger partial charge is 0.381 e. The first-order valence-corrected chi connectivity index (χ1v) is 10.4. The Morgan fingerprint density at radius 2 is 2.18 bits per heavy atom. The van der Waals surface area contributed by atoms with Crippen LogP contribution in [-0.2, 0) is 31.3 Å². The zero-order chi connectivity index (χ0) is 19.8. The van der Waals surface area contributed by atoms with Crippen LogP contribution < -0.4 is 0 Å². The molecule has 0 bridgehead atoms. The van der Waals surface area contributed by atoms with Crippen molar-refractivity contribution in [3.8, 4) is 0 Å². The maximum absolute atomic E-state index is 13.0. The zero-order valence-electron chi connectivity index (χ0n) is 17.4. The zero-order valence-corrected chi connectivity index (χ0v) is 17.4. The van der Waals surface area contributed by atoms with Crippen LogP contribution in [0, 0.1) is 12.8 Å². The average molecular weight is 386 g/mol. The van der Waals surface area contributed by atoms with Crippen LogP contribution in [0.1, 0.15) is 66.0 Å². The predicted octanol–water partition coefficient (Wildman–Crippen LogP) is 2.67. The number of carbonyl (C=O) groups is 1. The first-order valence-electron chi connectivity index (χ1n) is 10.4. The lowest BCUT2D eigenvalue weighted by molar-refractivity contribution is 0.0702. The summed E-state index contributed by atoms with van der Waals surface area (Å²) in [5.74, 6) is 2.18. The van der Waals surface area contributed by atoms with Gasteiger partial charge in [-0.25, -0.2) is 4.98 Å². The van der Waals surface area contributed by atoms with E-state index in [9.17, 15) is 4.79 Å². The SMILES string of the molecule is Cc1cc(C(=O)N2CCn3c(C4CCOC4)nc(CCC(C)C)c3C2)nn1C. The van der Waals surface area contributed by atoms with Crippen molar-refractivity contribution in [3.63, 3.8) is 0 Å². The van der Waals surface area contributed by atoms with E-state index in [1.807, 2.05) is 24.9 Å². The second kappa shape index (κ2) is 7.70. The molecule has 2 aliphatic rings. The molecule has 7 nitrogen and oxygen atoms in total. The Labute approximate surface area is 166 Å². The summed E-state index contributed by atoms with van der Waals surface area (Å²) in [6, 6.07) is 1.87. The van der Waals surface area contributed by atoms with E-state index in [-0.39, 0.29) is 5.91 Å². The molecule has 2 aromatic rings. The van der Waals surface area contributed by atoms with Gasteiger partial charge in [-0.1, -0.05) is 13.8 Å². The predicted molar refractivity (Wildman–Crippen MR) is 106 cm³/mol. The molecule has 2 aromatic heterocycles. The Hall–Kier alpha value is -2.15. The minimum Gasteiger partial charge on any atom is -0.381 e. The van der Waals surface area contributed by atoms with Gasteiger partial charge in [-0.05, 0) is 38.2 Å². The Morgan fingerprint density at radius 1 is 1.36 bits per heavy atom. The first kappa shape index (κ1) is 19.2. The fourth-order valence-electron chi connectivity index (χ4n) is 4.14. The molecule has 4 rings (SSSR count). The highest BCUT2D eigenvalue weighted by atomic mass is 16.5. The van der Waals surface area contributed by atoms with E-state index in [1.165, 1.54) is 5.69 Å². The molecule has 0 aliphatic carbocycles. The minimum absolute atomic E-state index is 0.0108. The Balaban J connectivity index is 1.61. The number of rotatable bonds is 5. The number of amides is 1. The summed E-state index contributed by atoms with van der Waals surface area (Å²) in [6.45, 7) is 10.1. The average Bonchev–Trinajstić information content (AvgIpc) is 3.38. The van der Waals surface area contributed by atoms with Gasteiger partial charge in [0, 0.05) is 38.4 Å². The Kier molecular flexibility index (Phi) is 5.27. The van der Waals surface area contributed by atoms with Gasteiger partial charge in [-0.2, -0.15) is 5.10 Å². The molecule has 1 amide bonds. The third kappa shape index (κ3) is 3.60. The van der Waals surface area contributed by atoms with E-state index < -0.39 is 0 Å². The summed E-state index contributed by atoms with van der Waals surface area (Å²) in [5.41, 5.74) is 3.88. The molecular formula is C21H31N5O2. The lowest BCUT2D eigenvalue weighted by atomic mass is 10.0. The highest BCUT2D eigenvalue weighted by molar-refractivity contribution is 5.92. The number of carbonyl (C=O) groups excluding carboxylic acids is 1. The van der Waals surface area contributed by atoms with Crippen LogP contribution in [0.25, 0.3) is 0 Å². The van der Waals surface area contributed by atoms with Crippen LogP contribution in [0.2, 0.25) is 0 Å². The molecule has 0 aromatic carbocycles. The number of aryl methyl sites for hydroxylation is 3. The summed E-state index contributed by atoms with van der Waals surface area (Å²) in [4.78, 5) is 20.0. The number of aromatic nitrogens is 4. The van der Waals surface area contributed by atoms with Gasteiger partial charge in [0.15, 0.2) is 5.69 Å². The number of fused-ring (bicyclic) bond motifs is 1. The first-order chi connectivity index (χ1) is 13.4. The van der Waals surface area contributed by atoms with Crippen molar-refractivity contribution < 1.29 is 9.53 Å². The van der Waals surface area contributed by atoms with E-state index in [0.717, 1.165) is 56.2 Å². The van der Waals surface area contributed by atoms with Crippen LogP contribution in [0.4, 0.5) is 0 Å². The second-order valence-electron chi connectivity index (χ2n) is 8.53. The van der Waals surface area contributed by atoms with Gasteiger partial charge in [0.2, 0.25) is 0 Å². The molecule has 2 aliphatic heterocycles. The minimum atomic E-state index is 0.0108. The molecule has 0 radical (unpaired) electrons. The maximum Gasteiger partial charge on any atom is 0.274 e. The van der Waals surface area contributed by atoms with Gasteiger partial charge >= 0.3 is 0 Å². The molecular weight excluding hydrogens is 354 g/mol. The Bertz CT molecular complexity index is 841. The van der Waals surface area contributed by atoms with Gasteiger partial charge in [0.05, 0.1) is 24.5 Å². The number of hydrogen-bond acceptors (Lipinski definition) is 4. The standard InChI is InChI=1S/C21H31N5O2/c1-14(2)5-6-17-19-12-25(21(27)18-11-15(3)24(4)23-18)8-9-26(19)20(22-17)16-7-10-28-13-16/h11,14,16H,5-10,12-13H2,1-4H3. The summed E-state index contributed by atoms with van der Waals surface area (Å²) in [7, 11) is 1.87. The van der Waals surface area contributed by atoms with E-state index in [4.69, 9.17) is 9.72 Å². The highest BCUT2D eigenvalue weighted by Crippen LogP contribution is 2.30. The van der Waals surface area contributed by atoms with Crippen molar-refractivity contribution >= 4 is 5.91 Å². The molecule has 1 saturated heterocycles. The van der Waals surface area contributed by atoms with Crippen molar-refractivity contribution in [2.75, 3.05) is 19.8 Å². The monoisotopic (exact) mass is 385 g/mol. The third-order valence-corrected chi connectivity index (χ3v) is 5.99. The topological polar surface area (TPSA) is 65.2 Å². The highest BCUT2D eigenvalue weighted by Gasteiger charge is 2.31. The molecule has 152 valence electrons. The van der Waals surface area contributed by atoms with Crippen molar-refractivity contribution in [2.45, 2.75) is 59.0 Å². The van der Waals surface area contributed by atoms with Crippen molar-refractivity contribution in [1.82, 2.24) is 24.2 Å². The summed E-state index contributed by atoms with van der Waals surface area (Å²) in [6.07, 6.45) is 3.11. The van der Waals surface area contributed by atoms with Crippen LogP contribution >= 0.6 is 0 Å². The van der Waals surface area contributed by atoms with Gasteiger partial charge in [-0.15, -0.1) is 0 Å². The van der Waals surface area contributed by atoms with Crippen LogP contribution in [0.3, 0.4) is 0 Å². The second-order valence-corrected chi connectivity index (χ2v) is 8.53. The molecule has 0 spiro atoms. The van der Waals surface area contributed by atoms with Crippen LogP contribution in [0.15, 0.2) is 6.07 Å². The van der Waals surface area contributed by atoms with E-state index in [0.29, 0.717) is 30.6 Å². The lowest BCUT2D eigenvalue weighted by Gasteiger charge is -2.29. The number of imidazole rings is 1. The maximum atomic E-state index is 13.0. The quantitative estimate of drug-likeness (QED) is 0.794. The van der Waals surface area contributed by atoms with E-state index >= 15 is 0 Å². The molecule has 7 heteroatoms. The number of hydrogen-bond donors (Lipinski definition) is 0. The Morgan fingerprint density at radius 3 is 2.82 bits per heavy atom. The van der Waals surface area contributed by atoms with Crippen LogP contribution in [-0.4, -0.2) is 49.9 Å². The van der Waals surface area contributed by atoms with Gasteiger partial charge in [0.1, 0.15) is 5.82 Å². The van der Waals surface area contributed by atoms with Crippen molar-refractivity contribution in [1.29, 1.82) is 0 Å². The van der Waals surface area contributed by atoms with Crippen molar-refractivity contribution in [3.05, 3.63) is 34.7 Å². The van der Waals surface area contributed by atoms with E-state index in [2.05, 4.69) is 23.5 Å². The molecule has 0 saturated carbocycles. The van der Waals surface area contributed by atoms with Gasteiger partial charge in [0.25, 0.3) is 5.91 Å². The molecule has 1 fully saturated rings. The fraction of sp³-hybridized carbons (Fsp3) is 0.667. The summed E-state index contributed by atoms with van der Waals surface area (Å²) >= 11 is 0. The smallest absolute Gasteiger partial charge is 0.274 e. The van der Waals surface area contributed by atoms with E-state index in [1.54, 1.807) is 4.68 Å². The molecule has 28 heavy (non-hydrogen) atoms. The van der Waals surface area contributed by atoms with Gasteiger partial charge < -0.3 is 14.2 Å². The molecule has 0 N–H and O–H groups in total. The summed E-state index contributed by atoms with van der Waals surface area (Å²) in [5, 5.41) is 4.38. The number of nitrogens with zero attached hydrogens (tertiary/aromatic N) is 5. The molecule has 1 unspecified atom stereocenters. The third-order valence-electron chi connectivity index (χ3n) is 5.99. The van der Waals surface area contributed by atoms with Gasteiger partial charge in [-0.3, -0.25) is 9.48 Å². The molecule has 4 heterocycles. The van der Waals surface area contributed by atoms with Crippen LogP contribution in [0.5, 0.6) is 0 Å². The fourth-order valence-corrected chi connectivity index (χ4v) is 4.14. The number of ether oxygens (including phenoxy) is 1. The lowest BCUT2D eigenvalue weighted by Crippen LogP contribution is -2.39. The van der Waals surface area contributed by atoms with Crippen molar-refractivity contribution in [2.24, 2.45) is 13.0 Å². The molecule has 1 atom stereocenters. The summed E-state index contributed by atoms with van der Waals surface area (Å²) < 4.78 is 9.73. The normalized spacial score (nSPS) is 19.5.